The van der Waals surface area contributed by atoms with E-state index in [1.165, 1.54) is 0 Å². The lowest BCUT2D eigenvalue weighted by Gasteiger charge is -1.95. The van der Waals surface area contributed by atoms with E-state index in [2.05, 4.69) is 17.2 Å². The molecule has 78 valence electrons. The highest BCUT2D eigenvalue weighted by molar-refractivity contribution is 6.31. The lowest BCUT2D eigenvalue weighted by atomic mass is 10.1. The predicted octanol–water partition coefficient (Wildman–Crippen LogP) is 2.11. The molecular formula is C12H12ClNO. The Morgan fingerprint density at radius 2 is 2.27 bits per heavy atom. The van der Waals surface area contributed by atoms with Crippen molar-refractivity contribution >= 4 is 17.9 Å². The molecule has 0 atom stereocenters. The molecule has 0 spiro atoms. The molecular weight excluding hydrogens is 210 g/mol. The van der Waals surface area contributed by atoms with Crippen molar-refractivity contribution in [3.63, 3.8) is 0 Å². The molecule has 2 nitrogen and oxygen atoms in total. The smallest absolute Gasteiger partial charge is 0.150 e. The summed E-state index contributed by atoms with van der Waals surface area (Å²) in [5, 5.41) is 3.54. The Morgan fingerprint density at radius 1 is 1.47 bits per heavy atom. The Balaban J connectivity index is 2.79. The molecule has 1 aromatic carbocycles. The third kappa shape index (κ3) is 4.16. The molecule has 0 saturated heterocycles. The van der Waals surface area contributed by atoms with Gasteiger partial charge < -0.3 is 5.32 Å². The molecule has 0 aromatic heterocycles. The molecule has 0 saturated carbocycles. The summed E-state index contributed by atoms with van der Waals surface area (Å²) in [6.07, 6.45) is 1.55. The highest BCUT2D eigenvalue weighted by atomic mass is 35.5. The van der Waals surface area contributed by atoms with Gasteiger partial charge in [-0.05, 0) is 25.2 Å². The second kappa shape index (κ2) is 6.23. The molecule has 0 heterocycles. The zero-order chi connectivity index (χ0) is 11.1. The van der Waals surface area contributed by atoms with Gasteiger partial charge in [-0.25, -0.2) is 0 Å². The summed E-state index contributed by atoms with van der Waals surface area (Å²) in [7, 11) is 1.88. The van der Waals surface area contributed by atoms with Crippen LogP contribution in [0.4, 0.5) is 0 Å². The number of halogens is 1. The van der Waals surface area contributed by atoms with Crippen LogP contribution in [0.1, 0.15) is 22.3 Å². The molecule has 3 heteroatoms. The number of nitrogens with one attached hydrogen (secondary N) is 1. The van der Waals surface area contributed by atoms with Gasteiger partial charge in [-0.15, -0.1) is 0 Å². The van der Waals surface area contributed by atoms with Gasteiger partial charge in [0.25, 0.3) is 0 Å². The maximum absolute atomic E-state index is 10.6. The van der Waals surface area contributed by atoms with Crippen molar-refractivity contribution in [2.45, 2.75) is 6.42 Å². The number of carbonyl (C=O) groups is 1. The van der Waals surface area contributed by atoms with Crippen LogP contribution in [0.2, 0.25) is 5.02 Å². The second-order valence-electron chi connectivity index (χ2n) is 3.05. The minimum Gasteiger partial charge on any atom is -0.319 e. The first-order valence-corrected chi connectivity index (χ1v) is 5.03. The molecule has 1 rings (SSSR count). The number of carbonyl (C=O) groups excluding carboxylic acids is 1. The fraction of sp³-hybridized carbons (Fsp3) is 0.250. The standard InChI is InChI=1S/C12H12ClNO/c1-14-5-3-2-4-10-6-11(9-15)8-12(13)7-10/h6-9,14H,3,5H2,1H3. The van der Waals surface area contributed by atoms with E-state index >= 15 is 0 Å². The minimum atomic E-state index is 0.539. The average molecular weight is 222 g/mol. The normalized spacial score (nSPS) is 9.20. The fourth-order valence-corrected chi connectivity index (χ4v) is 1.35. The number of hydrogen-bond donors (Lipinski definition) is 1. The quantitative estimate of drug-likeness (QED) is 0.481. The first kappa shape index (κ1) is 11.8. The van der Waals surface area contributed by atoms with Crippen LogP contribution >= 0.6 is 11.6 Å². The minimum absolute atomic E-state index is 0.539. The van der Waals surface area contributed by atoms with Gasteiger partial charge in [0, 0.05) is 29.1 Å². The van der Waals surface area contributed by atoms with Crippen molar-refractivity contribution in [1.82, 2.24) is 5.32 Å². The van der Waals surface area contributed by atoms with E-state index in [1.807, 2.05) is 7.05 Å². The van der Waals surface area contributed by atoms with Gasteiger partial charge >= 0.3 is 0 Å². The van der Waals surface area contributed by atoms with E-state index in [-0.39, 0.29) is 0 Å². The Bertz CT molecular complexity index is 404. The Labute approximate surface area is 94.6 Å². The zero-order valence-electron chi connectivity index (χ0n) is 8.51. The highest BCUT2D eigenvalue weighted by Gasteiger charge is 1.95. The molecule has 0 aliphatic rings. The van der Waals surface area contributed by atoms with Crippen molar-refractivity contribution in [2.24, 2.45) is 0 Å². The third-order valence-electron chi connectivity index (χ3n) is 1.79. The number of hydrogen-bond acceptors (Lipinski definition) is 2. The Kier molecular flexibility index (Phi) is 4.89. The van der Waals surface area contributed by atoms with Crippen LogP contribution in [0.5, 0.6) is 0 Å². The van der Waals surface area contributed by atoms with Crippen molar-refractivity contribution in [1.29, 1.82) is 0 Å². The Hall–Kier alpha value is -1.30. The van der Waals surface area contributed by atoms with Crippen LogP contribution in [0.3, 0.4) is 0 Å². The van der Waals surface area contributed by atoms with Gasteiger partial charge in [0.05, 0.1) is 0 Å². The van der Waals surface area contributed by atoms with E-state index in [0.717, 1.165) is 24.8 Å². The van der Waals surface area contributed by atoms with E-state index in [4.69, 9.17) is 11.6 Å². The molecule has 0 aliphatic carbocycles. The van der Waals surface area contributed by atoms with Crippen LogP contribution in [-0.4, -0.2) is 19.9 Å². The molecule has 1 N–H and O–H groups in total. The van der Waals surface area contributed by atoms with E-state index in [9.17, 15) is 4.79 Å². The molecule has 0 amide bonds. The van der Waals surface area contributed by atoms with Crippen molar-refractivity contribution in [2.75, 3.05) is 13.6 Å². The first-order chi connectivity index (χ1) is 7.26. The zero-order valence-corrected chi connectivity index (χ0v) is 9.27. The number of rotatable bonds is 3. The number of aldehydes is 1. The second-order valence-corrected chi connectivity index (χ2v) is 3.48. The molecule has 0 aliphatic heterocycles. The van der Waals surface area contributed by atoms with Gasteiger partial charge in [-0.1, -0.05) is 23.4 Å². The predicted molar refractivity (Wildman–Crippen MR) is 62.3 cm³/mol. The van der Waals surface area contributed by atoms with Crippen LogP contribution in [0.25, 0.3) is 0 Å². The van der Waals surface area contributed by atoms with Crippen LogP contribution in [0, 0.1) is 11.8 Å². The van der Waals surface area contributed by atoms with E-state index in [0.29, 0.717) is 10.6 Å². The third-order valence-corrected chi connectivity index (χ3v) is 2.01. The van der Waals surface area contributed by atoms with Crippen LogP contribution in [-0.2, 0) is 0 Å². The van der Waals surface area contributed by atoms with Gasteiger partial charge in [0.15, 0.2) is 0 Å². The van der Waals surface area contributed by atoms with Crippen molar-refractivity contribution in [3.8, 4) is 11.8 Å². The van der Waals surface area contributed by atoms with E-state index < -0.39 is 0 Å². The summed E-state index contributed by atoms with van der Waals surface area (Å²) in [4.78, 5) is 10.6. The molecule has 1 aromatic rings. The van der Waals surface area contributed by atoms with Crippen molar-refractivity contribution < 1.29 is 4.79 Å². The lowest BCUT2D eigenvalue weighted by Crippen LogP contribution is -2.05. The largest absolute Gasteiger partial charge is 0.319 e. The summed E-state index contributed by atoms with van der Waals surface area (Å²) >= 11 is 5.83. The fourth-order valence-electron chi connectivity index (χ4n) is 1.10. The summed E-state index contributed by atoms with van der Waals surface area (Å²) in [5.74, 6) is 5.96. The summed E-state index contributed by atoms with van der Waals surface area (Å²) in [6.45, 7) is 0.855. The maximum Gasteiger partial charge on any atom is 0.150 e. The monoisotopic (exact) mass is 221 g/mol. The van der Waals surface area contributed by atoms with Crippen molar-refractivity contribution in [3.05, 3.63) is 34.3 Å². The Morgan fingerprint density at radius 3 is 2.93 bits per heavy atom. The SMILES string of the molecule is CNCCC#Cc1cc(Cl)cc(C=O)c1. The average Bonchev–Trinajstić information content (AvgIpc) is 2.23. The number of benzene rings is 1. The first-order valence-electron chi connectivity index (χ1n) is 4.65. The summed E-state index contributed by atoms with van der Waals surface area (Å²) < 4.78 is 0. The molecule has 0 fully saturated rings. The molecule has 0 bridgehead atoms. The van der Waals surface area contributed by atoms with Gasteiger partial charge in [0.1, 0.15) is 6.29 Å². The molecule has 0 unspecified atom stereocenters. The topological polar surface area (TPSA) is 29.1 Å². The van der Waals surface area contributed by atoms with Crippen LogP contribution in [0.15, 0.2) is 18.2 Å². The van der Waals surface area contributed by atoms with Gasteiger partial charge in [0.2, 0.25) is 0 Å². The lowest BCUT2D eigenvalue weighted by molar-refractivity contribution is 0.112. The summed E-state index contributed by atoms with van der Waals surface area (Å²) in [6, 6.07) is 5.10. The summed E-state index contributed by atoms with van der Waals surface area (Å²) in [5.41, 5.74) is 1.33. The van der Waals surface area contributed by atoms with Gasteiger partial charge in [-0.2, -0.15) is 0 Å². The van der Waals surface area contributed by atoms with E-state index in [1.54, 1.807) is 18.2 Å². The maximum atomic E-state index is 10.6. The van der Waals surface area contributed by atoms with Crippen LogP contribution < -0.4 is 5.32 Å². The van der Waals surface area contributed by atoms with Gasteiger partial charge in [-0.3, -0.25) is 4.79 Å². The molecule has 0 radical (unpaired) electrons. The molecule has 15 heavy (non-hydrogen) atoms. The highest BCUT2D eigenvalue weighted by Crippen LogP contribution is 2.13.